The van der Waals surface area contributed by atoms with E-state index in [2.05, 4.69) is 170 Å². The van der Waals surface area contributed by atoms with E-state index in [9.17, 15) is 0 Å². The van der Waals surface area contributed by atoms with Gasteiger partial charge in [-0.05, 0) is 131 Å². The summed E-state index contributed by atoms with van der Waals surface area (Å²) in [6.07, 6.45) is 0. The van der Waals surface area contributed by atoms with Crippen molar-refractivity contribution in [2.45, 2.75) is 0 Å². The third-order valence-electron chi connectivity index (χ3n) is 11.2. The Kier molecular flexibility index (Phi) is 5.53. The SMILES string of the molecule is c1ccc2cc(-c3ccc4oc5ccc(-c6ccc7c(c6)c6ccccc6c6cc8c(cc76)oc6ccc7ccccc7c68)cc5c4c3)ccc2c1. The Morgan fingerprint density at radius 1 is 0.231 bits per heavy atom. The molecule has 0 amide bonds. The van der Waals surface area contributed by atoms with E-state index in [1.54, 1.807) is 0 Å². The number of hydrogen-bond acceptors (Lipinski definition) is 2. The van der Waals surface area contributed by atoms with Gasteiger partial charge < -0.3 is 8.83 Å². The normalized spacial score (nSPS) is 12.2. The summed E-state index contributed by atoms with van der Waals surface area (Å²) in [5.41, 5.74) is 8.36. The van der Waals surface area contributed by atoms with Gasteiger partial charge in [0.15, 0.2) is 0 Å². The van der Waals surface area contributed by atoms with E-state index < -0.39 is 0 Å². The van der Waals surface area contributed by atoms with Gasteiger partial charge in [0.25, 0.3) is 0 Å². The molecule has 2 heteroatoms. The van der Waals surface area contributed by atoms with E-state index >= 15 is 0 Å². The van der Waals surface area contributed by atoms with Gasteiger partial charge in [0.2, 0.25) is 0 Å². The van der Waals surface area contributed by atoms with Crippen LogP contribution in [0.15, 0.2) is 179 Å². The maximum absolute atomic E-state index is 6.54. The third-order valence-corrected chi connectivity index (χ3v) is 11.2. The lowest BCUT2D eigenvalue weighted by Crippen LogP contribution is -1.85. The molecular weight excluding hydrogens is 633 g/mol. The second-order valence-electron chi connectivity index (χ2n) is 14.0. The topological polar surface area (TPSA) is 26.3 Å². The van der Waals surface area contributed by atoms with E-state index in [1.165, 1.54) is 75.9 Å². The monoisotopic (exact) mass is 660 g/mol. The zero-order chi connectivity index (χ0) is 33.9. The highest BCUT2D eigenvalue weighted by atomic mass is 16.3. The molecule has 240 valence electrons. The zero-order valence-corrected chi connectivity index (χ0v) is 28.0. The Hall–Kier alpha value is -6.90. The molecule has 10 aromatic carbocycles. The van der Waals surface area contributed by atoms with Gasteiger partial charge in [-0.2, -0.15) is 0 Å². The van der Waals surface area contributed by atoms with Crippen molar-refractivity contribution >= 4 is 97.7 Å². The number of hydrogen-bond donors (Lipinski definition) is 0. The first kappa shape index (κ1) is 27.9. The van der Waals surface area contributed by atoms with Crippen molar-refractivity contribution in [3.8, 4) is 22.3 Å². The van der Waals surface area contributed by atoms with Gasteiger partial charge >= 0.3 is 0 Å². The molecule has 0 unspecified atom stereocenters. The van der Waals surface area contributed by atoms with E-state index in [-0.39, 0.29) is 0 Å². The highest BCUT2D eigenvalue weighted by Gasteiger charge is 2.17. The molecule has 0 N–H and O–H groups in total. The molecule has 0 aliphatic carbocycles. The molecule has 2 nitrogen and oxygen atoms in total. The maximum Gasteiger partial charge on any atom is 0.136 e. The van der Waals surface area contributed by atoms with Crippen molar-refractivity contribution in [3.05, 3.63) is 170 Å². The second kappa shape index (κ2) is 10.3. The molecule has 12 aromatic rings. The molecular formula is C50H28O2. The minimum atomic E-state index is 0.897. The van der Waals surface area contributed by atoms with Crippen molar-refractivity contribution in [2.75, 3.05) is 0 Å². The van der Waals surface area contributed by atoms with Gasteiger partial charge in [-0.3, -0.25) is 0 Å². The number of fused-ring (bicyclic) bond motifs is 15. The first-order valence-electron chi connectivity index (χ1n) is 17.8. The Balaban J connectivity index is 1.05. The minimum Gasteiger partial charge on any atom is -0.456 e. The lowest BCUT2D eigenvalue weighted by atomic mass is 9.91. The van der Waals surface area contributed by atoms with Gasteiger partial charge in [0, 0.05) is 21.5 Å². The van der Waals surface area contributed by atoms with Crippen molar-refractivity contribution < 1.29 is 8.83 Å². The lowest BCUT2D eigenvalue weighted by Gasteiger charge is -2.12. The average molecular weight is 661 g/mol. The molecule has 0 radical (unpaired) electrons. The van der Waals surface area contributed by atoms with Crippen LogP contribution in [0, 0.1) is 0 Å². The molecule has 0 aliphatic rings. The predicted octanol–water partition coefficient (Wildman–Crippen LogP) is 14.6. The van der Waals surface area contributed by atoms with Crippen molar-refractivity contribution in [1.82, 2.24) is 0 Å². The summed E-state index contributed by atoms with van der Waals surface area (Å²) in [4.78, 5) is 0. The molecule has 2 heterocycles. The molecule has 0 saturated carbocycles. The van der Waals surface area contributed by atoms with Gasteiger partial charge in [-0.1, -0.05) is 115 Å². The Morgan fingerprint density at radius 3 is 1.46 bits per heavy atom. The average Bonchev–Trinajstić information content (AvgIpc) is 3.77. The first-order valence-corrected chi connectivity index (χ1v) is 17.8. The summed E-state index contributed by atoms with van der Waals surface area (Å²) in [7, 11) is 0. The van der Waals surface area contributed by atoms with Crippen LogP contribution >= 0.6 is 0 Å². The fraction of sp³-hybridized carbons (Fsp3) is 0. The summed E-state index contributed by atoms with van der Waals surface area (Å²) in [5.74, 6) is 0. The molecule has 0 bridgehead atoms. The van der Waals surface area contributed by atoms with E-state index in [0.29, 0.717) is 0 Å². The second-order valence-corrected chi connectivity index (χ2v) is 14.0. The molecule has 0 aliphatic heterocycles. The third kappa shape index (κ3) is 3.95. The molecule has 0 fully saturated rings. The van der Waals surface area contributed by atoms with Crippen LogP contribution in [0.25, 0.3) is 120 Å². The quantitative estimate of drug-likeness (QED) is 0.173. The predicted molar refractivity (Wildman–Crippen MR) is 219 cm³/mol. The summed E-state index contributed by atoms with van der Waals surface area (Å²) < 4.78 is 12.9. The van der Waals surface area contributed by atoms with Crippen LogP contribution in [0.3, 0.4) is 0 Å². The number of rotatable bonds is 2. The molecule has 0 saturated heterocycles. The van der Waals surface area contributed by atoms with Crippen molar-refractivity contribution in [1.29, 1.82) is 0 Å². The smallest absolute Gasteiger partial charge is 0.136 e. The van der Waals surface area contributed by atoms with Crippen LogP contribution in [0.1, 0.15) is 0 Å². The molecule has 0 spiro atoms. The first-order chi connectivity index (χ1) is 25.7. The molecule has 12 rings (SSSR count). The van der Waals surface area contributed by atoms with Gasteiger partial charge in [-0.25, -0.2) is 0 Å². The lowest BCUT2D eigenvalue weighted by molar-refractivity contribution is 0.669. The largest absolute Gasteiger partial charge is 0.456 e. The van der Waals surface area contributed by atoms with E-state index in [1.807, 2.05) is 0 Å². The summed E-state index contributed by atoms with van der Waals surface area (Å²) in [5, 5.41) is 16.9. The standard InChI is InChI=1S/C50H28O2/c1-2-9-31-23-32(14-13-29(31)7-1)34-17-20-46-43(25-34)44-26-35(18-21-47(44)51-46)33-15-19-39-40(24-33)37-11-5-6-12-38(37)41-27-45-49(28-42(39)41)52-48-22-16-30-8-3-4-10-36(30)50(45)48/h1-28H. The van der Waals surface area contributed by atoms with Crippen LogP contribution in [-0.2, 0) is 0 Å². The maximum atomic E-state index is 6.54. The van der Waals surface area contributed by atoms with E-state index in [4.69, 9.17) is 8.83 Å². The summed E-state index contributed by atoms with van der Waals surface area (Å²) in [6.45, 7) is 0. The molecule has 0 atom stereocenters. The number of furan rings is 2. The van der Waals surface area contributed by atoms with Gasteiger partial charge in [0.1, 0.15) is 22.3 Å². The van der Waals surface area contributed by atoms with Crippen LogP contribution in [0.5, 0.6) is 0 Å². The highest BCUT2D eigenvalue weighted by Crippen LogP contribution is 2.43. The zero-order valence-electron chi connectivity index (χ0n) is 28.0. The fourth-order valence-corrected chi connectivity index (χ4v) is 8.68. The van der Waals surface area contributed by atoms with Gasteiger partial charge in [-0.15, -0.1) is 0 Å². The highest BCUT2D eigenvalue weighted by molar-refractivity contribution is 6.30. The van der Waals surface area contributed by atoms with Gasteiger partial charge in [0.05, 0.1) is 0 Å². The number of benzene rings is 10. The van der Waals surface area contributed by atoms with E-state index in [0.717, 1.165) is 44.1 Å². The summed E-state index contributed by atoms with van der Waals surface area (Å²) in [6, 6.07) is 61.5. The van der Waals surface area contributed by atoms with Crippen molar-refractivity contribution in [3.63, 3.8) is 0 Å². The van der Waals surface area contributed by atoms with Crippen LogP contribution in [0.2, 0.25) is 0 Å². The molecule has 2 aromatic heterocycles. The van der Waals surface area contributed by atoms with Crippen LogP contribution in [0.4, 0.5) is 0 Å². The van der Waals surface area contributed by atoms with Crippen LogP contribution in [-0.4, -0.2) is 0 Å². The fourth-order valence-electron chi connectivity index (χ4n) is 8.68. The van der Waals surface area contributed by atoms with Crippen LogP contribution < -0.4 is 0 Å². The summed E-state index contributed by atoms with van der Waals surface area (Å²) >= 11 is 0. The minimum absolute atomic E-state index is 0.897. The Morgan fingerprint density at radius 2 is 0.712 bits per heavy atom. The Labute approximate surface area is 297 Å². The molecule has 52 heavy (non-hydrogen) atoms. The van der Waals surface area contributed by atoms with Crippen molar-refractivity contribution in [2.24, 2.45) is 0 Å². The Bertz CT molecular complexity index is 3470.